The number of ether oxygens (including phenoxy) is 1. The summed E-state index contributed by atoms with van der Waals surface area (Å²) in [7, 11) is 0. The topological polar surface area (TPSA) is 65.4 Å². The van der Waals surface area contributed by atoms with Gasteiger partial charge in [0.15, 0.2) is 0 Å². The molecule has 3 aromatic heterocycles. The molecular formula is C21H20N4O. The van der Waals surface area contributed by atoms with Gasteiger partial charge in [0.2, 0.25) is 5.88 Å². The van der Waals surface area contributed by atoms with Crippen LogP contribution in [0.4, 0.5) is 5.69 Å². The van der Waals surface area contributed by atoms with Crippen molar-refractivity contribution in [3.05, 3.63) is 67.1 Å². The number of hydrogen-bond donors (Lipinski definition) is 1. The molecule has 1 aromatic carbocycles. The minimum atomic E-state index is 0.111. The number of benzene rings is 1. The summed E-state index contributed by atoms with van der Waals surface area (Å²) in [6, 6.07) is 15.8. The van der Waals surface area contributed by atoms with Crippen LogP contribution in [0.1, 0.15) is 13.8 Å². The molecule has 0 amide bonds. The van der Waals surface area contributed by atoms with Crippen LogP contribution in [-0.2, 0) is 0 Å². The first-order valence-electron chi connectivity index (χ1n) is 8.56. The third-order valence-electron chi connectivity index (χ3n) is 4.12. The lowest BCUT2D eigenvalue weighted by molar-refractivity contribution is 0.232. The number of imidazole rings is 1. The number of pyridine rings is 2. The molecule has 2 N–H and O–H groups in total. The Kier molecular flexibility index (Phi) is 4.05. The zero-order chi connectivity index (χ0) is 18.1. The second kappa shape index (κ2) is 6.52. The molecule has 0 atom stereocenters. The van der Waals surface area contributed by atoms with E-state index in [1.54, 1.807) is 0 Å². The van der Waals surface area contributed by atoms with E-state index in [2.05, 4.69) is 26.5 Å². The van der Waals surface area contributed by atoms with Crippen LogP contribution in [0.2, 0.25) is 0 Å². The Morgan fingerprint density at radius 2 is 1.81 bits per heavy atom. The highest BCUT2D eigenvalue weighted by atomic mass is 16.5. The molecule has 5 nitrogen and oxygen atoms in total. The van der Waals surface area contributed by atoms with Crippen molar-refractivity contribution in [1.82, 2.24) is 14.4 Å². The number of nitrogen functional groups attached to an aromatic ring is 1. The summed E-state index contributed by atoms with van der Waals surface area (Å²) in [4.78, 5) is 8.92. The van der Waals surface area contributed by atoms with E-state index in [1.165, 1.54) is 0 Å². The van der Waals surface area contributed by atoms with Crippen molar-refractivity contribution in [3.8, 4) is 28.3 Å². The predicted molar refractivity (Wildman–Crippen MR) is 104 cm³/mol. The van der Waals surface area contributed by atoms with Crippen molar-refractivity contribution in [2.45, 2.75) is 20.0 Å². The van der Waals surface area contributed by atoms with E-state index in [1.807, 2.05) is 68.8 Å². The lowest BCUT2D eigenvalue weighted by Crippen LogP contribution is -2.06. The summed E-state index contributed by atoms with van der Waals surface area (Å²) in [5.41, 5.74) is 11.7. The van der Waals surface area contributed by atoms with Crippen molar-refractivity contribution in [2.75, 3.05) is 5.73 Å². The first kappa shape index (κ1) is 16.1. The minimum Gasteiger partial charge on any atom is -0.475 e. The molecule has 4 aromatic rings. The molecule has 0 unspecified atom stereocenters. The standard InChI is InChI=1S/C21H20N4O/c1-14(2)26-21-7-6-17(12-24-21)15-8-9-25-19(13-23-20(25)11-15)16-4-3-5-18(22)10-16/h3-14H,22H2,1-2H3. The van der Waals surface area contributed by atoms with Crippen LogP contribution in [0.25, 0.3) is 28.0 Å². The van der Waals surface area contributed by atoms with Crippen LogP contribution in [0.3, 0.4) is 0 Å². The molecule has 0 aliphatic carbocycles. The molecule has 0 saturated carbocycles. The number of aromatic nitrogens is 3. The van der Waals surface area contributed by atoms with Gasteiger partial charge in [-0.25, -0.2) is 9.97 Å². The van der Waals surface area contributed by atoms with Gasteiger partial charge < -0.3 is 10.5 Å². The molecular weight excluding hydrogens is 324 g/mol. The molecule has 0 fully saturated rings. The lowest BCUT2D eigenvalue weighted by Gasteiger charge is -2.09. The van der Waals surface area contributed by atoms with Gasteiger partial charge >= 0.3 is 0 Å². The summed E-state index contributed by atoms with van der Waals surface area (Å²) in [5, 5.41) is 0. The Hall–Kier alpha value is -3.34. The molecule has 0 radical (unpaired) electrons. The van der Waals surface area contributed by atoms with Crippen LogP contribution in [0, 0.1) is 0 Å². The van der Waals surface area contributed by atoms with E-state index in [0.717, 1.165) is 33.7 Å². The Balaban J connectivity index is 1.69. The van der Waals surface area contributed by atoms with Gasteiger partial charge in [-0.3, -0.25) is 4.40 Å². The van der Waals surface area contributed by atoms with Gasteiger partial charge in [0, 0.05) is 35.3 Å². The zero-order valence-electron chi connectivity index (χ0n) is 14.8. The molecule has 3 heterocycles. The lowest BCUT2D eigenvalue weighted by atomic mass is 10.1. The minimum absolute atomic E-state index is 0.111. The first-order chi connectivity index (χ1) is 12.6. The fourth-order valence-electron chi connectivity index (χ4n) is 2.93. The van der Waals surface area contributed by atoms with E-state index < -0.39 is 0 Å². The molecule has 0 aliphatic rings. The molecule has 5 heteroatoms. The summed E-state index contributed by atoms with van der Waals surface area (Å²) in [5.74, 6) is 0.634. The Labute approximate surface area is 152 Å². The molecule has 26 heavy (non-hydrogen) atoms. The summed E-state index contributed by atoms with van der Waals surface area (Å²) in [6.07, 6.45) is 5.83. The summed E-state index contributed by atoms with van der Waals surface area (Å²) >= 11 is 0. The predicted octanol–water partition coefficient (Wildman–Crippen LogP) is 4.43. The number of fused-ring (bicyclic) bond motifs is 1. The van der Waals surface area contributed by atoms with Crippen LogP contribution in [0.5, 0.6) is 5.88 Å². The van der Waals surface area contributed by atoms with Crippen molar-refractivity contribution in [2.24, 2.45) is 0 Å². The van der Waals surface area contributed by atoms with Crippen LogP contribution >= 0.6 is 0 Å². The molecule has 4 rings (SSSR count). The van der Waals surface area contributed by atoms with Gasteiger partial charge in [-0.2, -0.15) is 0 Å². The van der Waals surface area contributed by atoms with Crippen molar-refractivity contribution in [1.29, 1.82) is 0 Å². The first-order valence-corrected chi connectivity index (χ1v) is 8.56. The maximum Gasteiger partial charge on any atom is 0.213 e. The number of nitrogens with two attached hydrogens (primary N) is 1. The quantitative estimate of drug-likeness (QED) is 0.556. The molecule has 0 spiro atoms. The average Bonchev–Trinajstić information content (AvgIpc) is 3.05. The van der Waals surface area contributed by atoms with E-state index in [0.29, 0.717) is 5.88 Å². The van der Waals surface area contributed by atoms with Gasteiger partial charge in [0.25, 0.3) is 0 Å². The van der Waals surface area contributed by atoms with Gasteiger partial charge in [0.1, 0.15) is 5.65 Å². The van der Waals surface area contributed by atoms with Gasteiger partial charge in [-0.1, -0.05) is 12.1 Å². The van der Waals surface area contributed by atoms with Crippen LogP contribution in [0.15, 0.2) is 67.1 Å². The van der Waals surface area contributed by atoms with E-state index in [-0.39, 0.29) is 6.10 Å². The third-order valence-corrected chi connectivity index (χ3v) is 4.12. The second-order valence-electron chi connectivity index (χ2n) is 6.46. The fourth-order valence-corrected chi connectivity index (χ4v) is 2.93. The summed E-state index contributed by atoms with van der Waals surface area (Å²) < 4.78 is 7.66. The smallest absolute Gasteiger partial charge is 0.213 e. The van der Waals surface area contributed by atoms with Gasteiger partial charge in [-0.05, 0) is 49.7 Å². The Morgan fingerprint density at radius 3 is 2.54 bits per heavy atom. The monoisotopic (exact) mass is 344 g/mol. The Morgan fingerprint density at radius 1 is 0.923 bits per heavy atom. The van der Waals surface area contributed by atoms with E-state index in [9.17, 15) is 0 Å². The van der Waals surface area contributed by atoms with E-state index >= 15 is 0 Å². The van der Waals surface area contributed by atoms with Crippen molar-refractivity contribution < 1.29 is 4.74 Å². The van der Waals surface area contributed by atoms with Crippen LogP contribution in [-0.4, -0.2) is 20.5 Å². The fraction of sp³-hybridized carbons (Fsp3) is 0.143. The number of anilines is 1. The third kappa shape index (κ3) is 3.11. The average molecular weight is 344 g/mol. The SMILES string of the molecule is CC(C)Oc1ccc(-c2ccn3c(-c4cccc(N)c4)cnc3c2)cn1. The highest BCUT2D eigenvalue weighted by molar-refractivity contribution is 5.71. The van der Waals surface area contributed by atoms with Crippen molar-refractivity contribution in [3.63, 3.8) is 0 Å². The molecule has 0 saturated heterocycles. The molecule has 0 bridgehead atoms. The highest BCUT2D eigenvalue weighted by Gasteiger charge is 2.08. The Bertz CT molecular complexity index is 1050. The highest BCUT2D eigenvalue weighted by Crippen LogP contribution is 2.26. The number of nitrogens with zero attached hydrogens (tertiary/aromatic N) is 3. The zero-order valence-corrected chi connectivity index (χ0v) is 14.8. The largest absolute Gasteiger partial charge is 0.475 e. The van der Waals surface area contributed by atoms with Gasteiger partial charge in [0.05, 0.1) is 18.0 Å². The normalized spacial score (nSPS) is 11.2. The summed E-state index contributed by atoms with van der Waals surface area (Å²) in [6.45, 7) is 3.97. The number of rotatable bonds is 4. The maximum absolute atomic E-state index is 5.90. The van der Waals surface area contributed by atoms with E-state index in [4.69, 9.17) is 10.5 Å². The number of hydrogen-bond acceptors (Lipinski definition) is 4. The van der Waals surface area contributed by atoms with Gasteiger partial charge in [-0.15, -0.1) is 0 Å². The second-order valence-corrected chi connectivity index (χ2v) is 6.46. The molecule has 130 valence electrons. The maximum atomic E-state index is 5.90. The molecule has 0 aliphatic heterocycles. The van der Waals surface area contributed by atoms with Crippen molar-refractivity contribution >= 4 is 11.3 Å². The van der Waals surface area contributed by atoms with Crippen LogP contribution < -0.4 is 10.5 Å².